The van der Waals surface area contributed by atoms with Crippen LogP contribution in [0.25, 0.3) is 10.9 Å². The Kier molecular flexibility index (Phi) is 4.91. The van der Waals surface area contributed by atoms with Crippen LogP contribution >= 0.6 is 34.8 Å². The molecule has 0 bridgehead atoms. The van der Waals surface area contributed by atoms with Gasteiger partial charge in [-0.2, -0.15) is 10.2 Å². The van der Waals surface area contributed by atoms with Crippen molar-refractivity contribution in [3.8, 4) is 0 Å². The molecular formula is C17H10Cl3N3. The Bertz CT molecular complexity index is 920. The number of hydrogen-bond donors (Lipinski definition) is 0. The van der Waals surface area contributed by atoms with E-state index in [9.17, 15) is 0 Å². The summed E-state index contributed by atoms with van der Waals surface area (Å²) in [6, 6.07) is 14.8. The lowest BCUT2D eigenvalue weighted by molar-refractivity contribution is 1.26. The Hall–Kier alpha value is -1.94. The fraction of sp³-hybridized carbons (Fsp3) is 0. The summed E-state index contributed by atoms with van der Waals surface area (Å²) in [4.78, 5) is 4.32. The van der Waals surface area contributed by atoms with Gasteiger partial charge in [-0.25, -0.2) is 4.98 Å². The monoisotopic (exact) mass is 361 g/mol. The van der Waals surface area contributed by atoms with Crippen molar-refractivity contribution >= 4 is 58.1 Å². The predicted octanol–water partition coefficient (Wildman–Crippen LogP) is 5.65. The maximum Gasteiger partial charge on any atom is 0.138 e. The quantitative estimate of drug-likeness (QED) is 0.337. The minimum atomic E-state index is 0.382. The van der Waals surface area contributed by atoms with Gasteiger partial charge in [0.1, 0.15) is 5.15 Å². The molecule has 2 aromatic carbocycles. The molecule has 6 heteroatoms. The van der Waals surface area contributed by atoms with Crippen molar-refractivity contribution in [1.82, 2.24) is 4.98 Å². The molecule has 0 saturated heterocycles. The van der Waals surface area contributed by atoms with E-state index in [4.69, 9.17) is 34.8 Å². The van der Waals surface area contributed by atoms with Crippen LogP contribution in [0.1, 0.15) is 11.1 Å². The fourth-order valence-corrected chi connectivity index (χ4v) is 2.65. The zero-order chi connectivity index (χ0) is 16.2. The second kappa shape index (κ2) is 7.09. The van der Waals surface area contributed by atoms with Crippen LogP contribution in [0, 0.1) is 0 Å². The van der Waals surface area contributed by atoms with E-state index >= 15 is 0 Å². The summed E-state index contributed by atoms with van der Waals surface area (Å²) < 4.78 is 0. The Morgan fingerprint density at radius 2 is 1.57 bits per heavy atom. The van der Waals surface area contributed by atoms with Crippen molar-refractivity contribution in [3.63, 3.8) is 0 Å². The Labute approximate surface area is 148 Å². The first kappa shape index (κ1) is 15.9. The van der Waals surface area contributed by atoms with Crippen molar-refractivity contribution in [2.24, 2.45) is 10.2 Å². The van der Waals surface area contributed by atoms with Crippen LogP contribution in [0.4, 0.5) is 0 Å². The zero-order valence-corrected chi connectivity index (χ0v) is 14.0. The first-order valence-electron chi connectivity index (χ1n) is 6.70. The Balaban J connectivity index is 1.82. The highest BCUT2D eigenvalue weighted by molar-refractivity contribution is 6.36. The van der Waals surface area contributed by atoms with Crippen molar-refractivity contribution in [2.45, 2.75) is 0 Å². The lowest BCUT2D eigenvalue weighted by Gasteiger charge is -2.00. The largest absolute Gasteiger partial charge is 0.235 e. The van der Waals surface area contributed by atoms with Crippen LogP contribution in [0.3, 0.4) is 0 Å². The van der Waals surface area contributed by atoms with Crippen molar-refractivity contribution in [1.29, 1.82) is 0 Å². The molecule has 0 aliphatic rings. The molecule has 0 radical (unpaired) electrons. The summed E-state index contributed by atoms with van der Waals surface area (Å²) in [6.07, 6.45) is 3.11. The van der Waals surface area contributed by atoms with Gasteiger partial charge in [-0.3, -0.25) is 0 Å². The first-order valence-corrected chi connectivity index (χ1v) is 7.83. The molecule has 0 fully saturated rings. The van der Waals surface area contributed by atoms with Gasteiger partial charge >= 0.3 is 0 Å². The molecule has 0 saturated carbocycles. The highest BCUT2D eigenvalue weighted by Crippen LogP contribution is 2.20. The molecule has 3 aromatic rings. The average Bonchev–Trinajstić information content (AvgIpc) is 2.53. The normalized spacial score (nSPS) is 11.8. The third-order valence-corrected chi connectivity index (χ3v) is 3.99. The van der Waals surface area contributed by atoms with E-state index < -0.39 is 0 Å². The molecule has 0 unspecified atom stereocenters. The number of halogens is 3. The number of hydrogen-bond acceptors (Lipinski definition) is 3. The average molecular weight is 363 g/mol. The van der Waals surface area contributed by atoms with Gasteiger partial charge in [0.05, 0.1) is 23.0 Å². The topological polar surface area (TPSA) is 37.6 Å². The van der Waals surface area contributed by atoms with E-state index in [1.165, 1.54) is 0 Å². The van der Waals surface area contributed by atoms with Gasteiger partial charge in [0.2, 0.25) is 0 Å². The summed E-state index contributed by atoms with van der Waals surface area (Å²) in [5.74, 6) is 0. The second-order valence-electron chi connectivity index (χ2n) is 4.72. The predicted molar refractivity (Wildman–Crippen MR) is 98.4 cm³/mol. The van der Waals surface area contributed by atoms with E-state index in [-0.39, 0.29) is 0 Å². The van der Waals surface area contributed by atoms with Crippen LogP contribution in [-0.2, 0) is 0 Å². The van der Waals surface area contributed by atoms with Crippen LogP contribution in [-0.4, -0.2) is 17.4 Å². The second-order valence-corrected chi connectivity index (χ2v) is 5.92. The van der Waals surface area contributed by atoms with E-state index in [1.807, 2.05) is 30.3 Å². The summed E-state index contributed by atoms with van der Waals surface area (Å²) in [5.41, 5.74) is 2.27. The van der Waals surface area contributed by atoms with Gasteiger partial charge in [0.25, 0.3) is 0 Å². The maximum atomic E-state index is 6.15. The van der Waals surface area contributed by atoms with Crippen LogP contribution in [0.15, 0.2) is 58.7 Å². The van der Waals surface area contributed by atoms with Crippen molar-refractivity contribution in [3.05, 3.63) is 74.9 Å². The molecular weight excluding hydrogens is 353 g/mol. The molecule has 23 heavy (non-hydrogen) atoms. The summed E-state index contributed by atoms with van der Waals surface area (Å²) in [7, 11) is 0. The number of fused-ring (bicyclic) bond motifs is 1. The smallest absolute Gasteiger partial charge is 0.138 e. The third-order valence-electron chi connectivity index (χ3n) is 3.13. The highest BCUT2D eigenvalue weighted by atomic mass is 35.5. The van der Waals surface area contributed by atoms with Crippen molar-refractivity contribution in [2.75, 3.05) is 0 Å². The number of rotatable bonds is 3. The molecule has 0 aliphatic heterocycles. The van der Waals surface area contributed by atoms with Gasteiger partial charge in [0, 0.05) is 21.5 Å². The summed E-state index contributed by atoms with van der Waals surface area (Å²) in [5, 5.41) is 10.4. The molecule has 0 amide bonds. The molecule has 1 aromatic heterocycles. The van der Waals surface area contributed by atoms with E-state index in [0.717, 1.165) is 16.5 Å². The minimum Gasteiger partial charge on any atom is -0.235 e. The number of para-hydroxylation sites is 1. The van der Waals surface area contributed by atoms with Gasteiger partial charge in [0.15, 0.2) is 0 Å². The molecule has 1 heterocycles. The van der Waals surface area contributed by atoms with E-state index in [1.54, 1.807) is 30.6 Å². The van der Waals surface area contributed by atoms with Gasteiger partial charge in [-0.05, 0) is 24.3 Å². The molecule has 0 spiro atoms. The number of aromatic nitrogens is 1. The fourth-order valence-electron chi connectivity index (χ4n) is 2.00. The molecule has 114 valence electrons. The zero-order valence-electron chi connectivity index (χ0n) is 11.7. The molecule has 0 atom stereocenters. The molecule has 0 aliphatic carbocycles. The first-order chi connectivity index (χ1) is 11.1. The number of pyridine rings is 1. The van der Waals surface area contributed by atoms with E-state index in [0.29, 0.717) is 20.8 Å². The van der Waals surface area contributed by atoms with Gasteiger partial charge in [-0.1, -0.05) is 59.1 Å². The molecule has 0 N–H and O–H groups in total. The maximum absolute atomic E-state index is 6.15. The summed E-state index contributed by atoms with van der Waals surface area (Å²) in [6.45, 7) is 0. The molecule has 3 nitrogen and oxygen atoms in total. The Morgan fingerprint density at radius 3 is 2.35 bits per heavy atom. The molecule has 3 rings (SSSR count). The van der Waals surface area contributed by atoms with Gasteiger partial charge in [-0.15, -0.1) is 0 Å². The third kappa shape index (κ3) is 3.88. The SMILES string of the molecule is Clc1ccc(/C=N\N=C\c2cc3ccccc3nc2Cl)c(Cl)c1. The van der Waals surface area contributed by atoms with E-state index in [2.05, 4.69) is 15.2 Å². The van der Waals surface area contributed by atoms with Crippen molar-refractivity contribution < 1.29 is 0 Å². The number of nitrogens with zero attached hydrogens (tertiary/aromatic N) is 3. The Morgan fingerprint density at radius 1 is 0.826 bits per heavy atom. The van der Waals surface area contributed by atoms with Crippen LogP contribution in [0.2, 0.25) is 15.2 Å². The standard InChI is InChI=1S/C17H10Cl3N3/c18-14-6-5-12(15(19)8-14)9-21-22-10-13-7-11-3-1-2-4-16(11)23-17(13)20/h1-10H/b21-9-,22-10+. The number of benzene rings is 2. The minimum absolute atomic E-state index is 0.382. The lowest BCUT2D eigenvalue weighted by Crippen LogP contribution is -1.88. The van der Waals surface area contributed by atoms with Crippen LogP contribution < -0.4 is 0 Å². The highest BCUT2D eigenvalue weighted by Gasteiger charge is 2.02. The summed E-state index contributed by atoms with van der Waals surface area (Å²) >= 11 is 18.1. The van der Waals surface area contributed by atoms with Crippen LogP contribution in [0.5, 0.6) is 0 Å². The van der Waals surface area contributed by atoms with Gasteiger partial charge < -0.3 is 0 Å². The lowest BCUT2D eigenvalue weighted by atomic mass is 10.2.